The largest absolute Gasteiger partial charge is 0.490 e. The average molecular weight is 339 g/mol. The molecule has 20 heavy (non-hydrogen) atoms. The number of nitriles is 1. The number of amides is 1. The van der Waals surface area contributed by atoms with Gasteiger partial charge >= 0.3 is 0 Å². The van der Waals surface area contributed by atoms with Crippen LogP contribution in [0.4, 0.5) is 0 Å². The van der Waals surface area contributed by atoms with E-state index in [1.54, 1.807) is 18.2 Å². The van der Waals surface area contributed by atoms with Crippen molar-refractivity contribution in [1.29, 1.82) is 5.26 Å². The minimum Gasteiger partial charge on any atom is -0.490 e. The molecule has 0 bridgehead atoms. The van der Waals surface area contributed by atoms with E-state index in [-0.39, 0.29) is 5.57 Å². The van der Waals surface area contributed by atoms with E-state index in [1.807, 2.05) is 13.8 Å². The first-order valence-electron chi connectivity index (χ1n) is 6.04. The third kappa shape index (κ3) is 4.00. The van der Waals surface area contributed by atoms with Crippen molar-refractivity contribution >= 4 is 27.9 Å². The maximum Gasteiger partial charge on any atom is 0.259 e. The fraction of sp³-hybridized carbons (Fsp3) is 0.286. The quantitative estimate of drug-likeness (QED) is 0.638. The van der Waals surface area contributed by atoms with Crippen molar-refractivity contribution in [3.8, 4) is 17.6 Å². The van der Waals surface area contributed by atoms with E-state index in [4.69, 9.17) is 20.5 Å². The van der Waals surface area contributed by atoms with Gasteiger partial charge < -0.3 is 15.2 Å². The van der Waals surface area contributed by atoms with Crippen LogP contribution in [0.25, 0.3) is 6.08 Å². The van der Waals surface area contributed by atoms with Crippen LogP contribution < -0.4 is 15.2 Å². The molecule has 5 nitrogen and oxygen atoms in total. The minimum absolute atomic E-state index is 0.122. The highest BCUT2D eigenvalue weighted by atomic mass is 79.9. The maximum atomic E-state index is 11.1. The number of benzene rings is 1. The summed E-state index contributed by atoms with van der Waals surface area (Å²) in [5.74, 6) is 0.358. The fourth-order valence-corrected chi connectivity index (χ4v) is 2.12. The fourth-order valence-electron chi connectivity index (χ4n) is 1.54. The second kappa shape index (κ2) is 7.56. The van der Waals surface area contributed by atoms with Gasteiger partial charge in [-0.1, -0.05) is 0 Å². The zero-order chi connectivity index (χ0) is 15.1. The standard InChI is InChI=1S/C14H15BrN2O3/c1-3-19-12-7-9(5-10(8-16)14(17)18)6-11(15)13(12)20-4-2/h5-7H,3-4H2,1-2H3,(H2,17,18)/b10-5+. The first-order valence-corrected chi connectivity index (χ1v) is 6.83. The number of nitrogens with two attached hydrogens (primary N) is 1. The minimum atomic E-state index is -0.768. The SMILES string of the molecule is CCOc1cc(/C=C(\C#N)C(N)=O)cc(Br)c1OCC. The van der Waals surface area contributed by atoms with Crippen molar-refractivity contribution in [2.75, 3.05) is 13.2 Å². The Bertz CT molecular complexity index is 577. The normalized spacial score (nSPS) is 10.8. The molecule has 1 aromatic carbocycles. The van der Waals surface area contributed by atoms with Gasteiger partial charge in [0.25, 0.3) is 5.91 Å². The third-order valence-electron chi connectivity index (χ3n) is 2.32. The topological polar surface area (TPSA) is 85.3 Å². The number of hydrogen-bond acceptors (Lipinski definition) is 4. The molecule has 0 unspecified atom stereocenters. The number of nitrogens with zero attached hydrogens (tertiary/aromatic N) is 1. The molecule has 0 heterocycles. The third-order valence-corrected chi connectivity index (χ3v) is 2.91. The first-order chi connectivity index (χ1) is 9.53. The van der Waals surface area contributed by atoms with E-state index in [9.17, 15) is 4.79 Å². The van der Waals surface area contributed by atoms with Crippen LogP contribution in [0.2, 0.25) is 0 Å². The van der Waals surface area contributed by atoms with Gasteiger partial charge in [-0.3, -0.25) is 4.79 Å². The number of primary amides is 1. The molecule has 1 aromatic rings. The summed E-state index contributed by atoms with van der Waals surface area (Å²) in [6, 6.07) is 5.18. The molecule has 0 radical (unpaired) electrons. The summed E-state index contributed by atoms with van der Waals surface area (Å²) in [5, 5.41) is 8.85. The van der Waals surface area contributed by atoms with E-state index in [0.717, 1.165) is 0 Å². The molecule has 6 heteroatoms. The molecule has 0 spiro atoms. The lowest BCUT2D eigenvalue weighted by Gasteiger charge is -2.13. The number of carbonyl (C=O) groups is 1. The summed E-state index contributed by atoms with van der Waals surface area (Å²) in [4.78, 5) is 11.1. The summed E-state index contributed by atoms with van der Waals surface area (Å²) >= 11 is 3.38. The van der Waals surface area contributed by atoms with Crippen LogP contribution in [0.5, 0.6) is 11.5 Å². The Morgan fingerprint density at radius 1 is 1.40 bits per heavy atom. The molecule has 0 fully saturated rings. The summed E-state index contributed by atoms with van der Waals surface area (Å²) in [6.45, 7) is 4.70. The summed E-state index contributed by atoms with van der Waals surface area (Å²) in [7, 11) is 0. The summed E-state index contributed by atoms with van der Waals surface area (Å²) in [6.07, 6.45) is 1.41. The first kappa shape index (κ1) is 16.1. The lowest BCUT2D eigenvalue weighted by Crippen LogP contribution is -2.12. The van der Waals surface area contributed by atoms with E-state index >= 15 is 0 Å². The Kier molecular flexibility index (Phi) is 6.07. The van der Waals surface area contributed by atoms with E-state index in [2.05, 4.69) is 15.9 Å². The van der Waals surface area contributed by atoms with E-state index in [0.29, 0.717) is 34.7 Å². The van der Waals surface area contributed by atoms with Crippen LogP contribution in [0.3, 0.4) is 0 Å². The molecule has 0 atom stereocenters. The van der Waals surface area contributed by atoms with Crippen LogP contribution in [-0.2, 0) is 4.79 Å². The summed E-state index contributed by atoms with van der Waals surface area (Å²) < 4.78 is 11.7. The lowest BCUT2D eigenvalue weighted by atomic mass is 10.1. The molecule has 106 valence electrons. The Balaban J connectivity index is 3.31. The van der Waals surface area contributed by atoms with Crippen molar-refractivity contribution in [2.24, 2.45) is 5.73 Å². The van der Waals surface area contributed by atoms with Crippen molar-refractivity contribution in [2.45, 2.75) is 13.8 Å². The average Bonchev–Trinajstić information content (AvgIpc) is 2.40. The van der Waals surface area contributed by atoms with Crippen LogP contribution in [0.1, 0.15) is 19.4 Å². The molecular formula is C14H15BrN2O3. The Morgan fingerprint density at radius 3 is 2.55 bits per heavy atom. The zero-order valence-corrected chi connectivity index (χ0v) is 12.9. The van der Waals surface area contributed by atoms with Crippen LogP contribution in [0, 0.1) is 11.3 Å². The highest BCUT2D eigenvalue weighted by Crippen LogP contribution is 2.37. The van der Waals surface area contributed by atoms with Gasteiger partial charge in [0.1, 0.15) is 11.6 Å². The summed E-state index contributed by atoms with van der Waals surface area (Å²) in [5.41, 5.74) is 5.61. The van der Waals surface area contributed by atoms with Crippen molar-refractivity contribution < 1.29 is 14.3 Å². The second-order valence-electron chi connectivity index (χ2n) is 3.73. The highest BCUT2D eigenvalue weighted by molar-refractivity contribution is 9.10. The second-order valence-corrected chi connectivity index (χ2v) is 4.58. The van der Waals surface area contributed by atoms with Gasteiger partial charge in [0.15, 0.2) is 11.5 Å². The van der Waals surface area contributed by atoms with Crippen molar-refractivity contribution in [1.82, 2.24) is 0 Å². The van der Waals surface area contributed by atoms with Gasteiger partial charge in [-0.2, -0.15) is 5.26 Å². The van der Waals surface area contributed by atoms with Gasteiger partial charge in [0, 0.05) is 0 Å². The molecule has 0 saturated heterocycles. The van der Waals surface area contributed by atoms with Gasteiger partial charge in [0.2, 0.25) is 0 Å². The van der Waals surface area contributed by atoms with Crippen molar-refractivity contribution in [3.63, 3.8) is 0 Å². The molecule has 1 amide bonds. The van der Waals surface area contributed by atoms with Gasteiger partial charge in [-0.05, 0) is 53.5 Å². The Labute approximate surface area is 126 Å². The molecule has 1 rings (SSSR count). The van der Waals surface area contributed by atoms with Crippen molar-refractivity contribution in [3.05, 3.63) is 27.7 Å². The molecule has 0 aliphatic carbocycles. The number of halogens is 1. The predicted molar refractivity (Wildman–Crippen MR) is 79.3 cm³/mol. The maximum absolute atomic E-state index is 11.1. The van der Waals surface area contributed by atoms with Crippen LogP contribution in [-0.4, -0.2) is 19.1 Å². The lowest BCUT2D eigenvalue weighted by molar-refractivity contribution is -0.114. The molecular weight excluding hydrogens is 324 g/mol. The molecule has 0 aliphatic rings. The van der Waals surface area contributed by atoms with E-state index in [1.165, 1.54) is 6.08 Å². The zero-order valence-electron chi connectivity index (χ0n) is 11.3. The van der Waals surface area contributed by atoms with Gasteiger partial charge in [0.05, 0.1) is 17.7 Å². The Morgan fingerprint density at radius 2 is 2.05 bits per heavy atom. The van der Waals surface area contributed by atoms with Gasteiger partial charge in [-0.15, -0.1) is 0 Å². The molecule has 0 aromatic heterocycles. The molecule has 0 aliphatic heterocycles. The number of rotatable bonds is 6. The van der Waals surface area contributed by atoms with E-state index < -0.39 is 5.91 Å². The Hall–Kier alpha value is -2.00. The monoisotopic (exact) mass is 338 g/mol. The number of ether oxygens (including phenoxy) is 2. The number of hydrogen-bond donors (Lipinski definition) is 1. The van der Waals surface area contributed by atoms with Gasteiger partial charge in [-0.25, -0.2) is 0 Å². The molecule has 2 N–H and O–H groups in total. The highest BCUT2D eigenvalue weighted by Gasteiger charge is 2.12. The van der Waals surface area contributed by atoms with Crippen LogP contribution in [0.15, 0.2) is 22.2 Å². The van der Waals surface area contributed by atoms with Crippen LogP contribution >= 0.6 is 15.9 Å². The smallest absolute Gasteiger partial charge is 0.259 e. The predicted octanol–water partition coefficient (Wildman–Crippen LogP) is 2.64. The number of carbonyl (C=O) groups excluding carboxylic acids is 1. The molecule has 0 saturated carbocycles.